The van der Waals surface area contributed by atoms with Crippen LogP contribution in [0.1, 0.15) is 22.0 Å². The predicted molar refractivity (Wildman–Crippen MR) is 129 cm³/mol. The molecule has 0 radical (unpaired) electrons. The molecule has 1 amide bonds. The van der Waals surface area contributed by atoms with Crippen molar-refractivity contribution in [1.29, 1.82) is 0 Å². The topological polar surface area (TPSA) is 71.1 Å². The molecule has 2 atom stereocenters. The number of nitrogens with one attached hydrogen (secondary N) is 2. The van der Waals surface area contributed by atoms with E-state index >= 15 is 0 Å². The fourth-order valence-corrected chi connectivity index (χ4v) is 5.27. The minimum Gasteiger partial charge on any atom is -0.369 e. The molecule has 4 rings (SSSR count). The largest absolute Gasteiger partial charge is 0.369 e. The first-order valence-corrected chi connectivity index (χ1v) is 11.3. The van der Waals surface area contributed by atoms with E-state index in [4.69, 9.17) is 46.4 Å². The van der Waals surface area contributed by atoms with Crippen LogP contribution >= 0.6 is 46.4 Å². The summed E-state index contributed by atoms with van der Waals surface area (Å²) in [4.78, 5) is 28.9. The molecule has 2 N–H and O–H groups in total. The molecule has 2 unspecified atom stereocenters. The number of amides is 1. The zero-order valence-electron chi connectivity index (χ0n) is 16.8. The molecule has 3 aromatic rings. The van der Waals surface area contributed by atoms with Crippen LogP contribution in [0.4, 0.5) is 15.9 Å². The summed E-state index contributed by atoms with van der Waals surface area (Å²) in [7, 11) is 0. The molecular formula is C23H16Cl4FN3O2. The summed E-state index contributed by atoms with van der Waals surface area (Å²) < 4.78 is 11.7. The van der Waals surface area contributed by atoms with Crippen molar-refractivity contribution < 1.29 is 14.0 Å². The van der Waals surface area contributed by atoms with E-state index in [1.807, 2.05) is 0 Å². The number of nitrogens with zero attached hydrogens (tertiary/aromatic N) is 1. The van der Waals surface area contributed by atoms with Gasteiger partial charge in [0, 0.05) is 28.2 Å². The van der Waals surface area contributed by atoms with Crippen molar-refractivity contribution in [2.45, 2.75) is 10.3 Å². The highest BCUT2D eigenvalue weighted by Crippen LogP contribution is 2.73. The smallest absolute Gasteiger partial charge is 0.274 e. The monoisotopic (exact) mass is 525 g/mol. The molecule has 1 heterocycles. The summed E-state index contributed by atoms with van der Waals surface area (Å²) in [5, 5.41) is 6.49. The summed E-state index contributed by atoms with van der Waals surface area (Å²) >= 11 is 25.2. The lowest BCUT2D eigenvalue weighted by atomic mass is 10.0. The third-order valence-electron chi connectivity index (χ3n) is 5.49. The summed E-state index contributed by atoms with van der Waals surface area (Å²) in [6, 6.07) is 15.1. The Bertz CT molecular complexity index is 1200. The number of carbonyl (C=O) groups is 2. The lowest BCUT2D eigenvalue weighted by Crippen LogP contribution is -2.24. The van der Waals surface area contributed by atoms with E-state index in [1.54, 1.807) is 30.3 Å². The fourth-order valence-electron chi connectivity index (χ4n) is 3.76. The second-order valence-electron chi connectivity index (χ2n) is 7.64. The first-order valence-electron chi connectivity index (χ1n) is 9.74. The quantitative estimate of drug-likeness (QED) is 0.278. The molecule has 0 saturated heterocycles. The minimum absolute atomic E-state index is 0.0638. The van der Waals surface area contributed by atoms with E-state index in [9.17, 15) is 14.0 Å². The van der Waals surface area contributed by atoms with Crippen molar-refractivity contribution in [2.24, 2.45) is 5.41 Å². The van der Waals surface area contributed by atoms with E-state index in [0.717, 1.165) is 0 Å². The highest BCUT2D eigenvalue weighted by Gasteiger charge is 2.76. The van der Waals surface area contributed by atoms with Crippen molar-refractivity contribution in [2.75, 3.05) is 17.2 Å². The van der Waals surface area contributed by atoms with E-state index in [2.05, 4.69) is 15.6 Å². The second kappa shape index (κ2) is 9.11. The molecule has 2 aromatic carbocycles. The van der Waals surface area contributed by atoms with Crippen molar-refractivity contribution in [3.63, 3.8) is 0 Å². The van der Waals surface area contributed by atoms with Gasteiger partial charge < -0.3 is 15.4 Å². The zero-order valence-corrected chi connectivity index (χ0v) is 19.8. The zero-order chi connectivity index (χ0) is 23.8. The van der Waals surface area contributed by atoms with Crippen LogP contribution in [0.2, 0.25) is 10.0 Å². The first-order chi connectivity index (χ1) is 15.7. The normalized spacial score (nSPS) is 20.7. The van der Waals surface area contributed by atoms with Crippen LogP contribution in [0.5, 0.6) is 0 Å². The SMILES string of the molecule is O=CC1(CNc2cccc(C(=O)Nc3ccc(F)cc3)n2)C(c2cc(Cl)cc(Cl)c2)C1(Cl)Cl. The predicted octanol–water partition coefficient (Wildman–Crippen LogP) is 6.35. The Morgan fingerprint density at radius 1 is 1.06 bits per heavy atom. The number of alkyl halides is 2. The van der Waals surface area contributed by atoms with Gasteiger partial charge >= 0.3 is 0 Å². The van der Waals surface area contributed by atoms with Gasteiger partial charge in [0.2, 0.25) is 0 Å². The van der Waals surface area contributed by atoms with Crippen LogP contribution in [-0.4, -0.2) is 28.1 Å². The maximum Gasteiger partial charge on any atom is 0.274 e. The molecular weight excluding hydrogens is 511 g/mol. The van der Waals surface area contributed by atoms with E-state index in [0.29, 0.717) is 33.4 Å². The maximum atomic E-state index is 13.1. The Labute approximate surface area is 209 Å². The number of aldehydes is 1. The number of pyridine rings is 1. The number of hydrogen-bond donors (Lipinski definition) is 2. The lowest BCUT2D eigenvalue weighted by Gasteiger charge is -2.14. The average Bonchev–Trinajstić information content (AvgIpc) is 3.28. The van der Waals surface area contributed by atoms with Gasteiger partial charge in [-0.25, -0.2) is 9.37 Å². The summed E-state index contributed by atoms with van der Waals surface area (Å²) in [5.74, 6) is -1.08. The van der Waals surface area contributed by atoms with Gasteiger partial charge in [-0.15, -0.1) is 0 Å². The molecule has 5 nitrogen and oxygen atoms in total. The maximum absolute atomic E-state index is 13.1. The average molecular weight is 527 g/mol. The van der Waals surface area contributed by atoms with E-state index in [-0.39, 0.29) is 12.2 Å². The van der Waals surface area contributed by atoms with Gasteiger partial charge in [0.15, 0.2) is 0 Å². The molecule has 1 aliphatic carbocycles. The van der Waals surface area contributed by atoms with Crippen LogP contribution in [-0.2, 0) is 4.79 Å². The van der Waals surface area contributed by atoms with Crippen LogP contribution < -0.4 is 10.6 Å². The second-order valence-corrected chi connectivity index (χ2v) is 9.90. The molecule has 1 saturated carbocycles. The summed E-state index contributed by atoms with van der Waals surface area (Å²) in [6.07, 6.45) is 0.713. The van der Waals surface area contributed by atoms with Crippen LogP contribution in [0.3, 0.4) is 0 Å². The number of halogens is 5. The third kappa shape index (κ3) is 4.66. The summed E-state index contributed by atoms with van der Waals surface area (Å²) in [5.41, 5.74) is 0.0443. The van der Waals surface area contributed by atoms with E-state index in [1.165, 1.54) is 30.3 Å². The summed E-state index contributed by atoms with van der Waals surface area (Å²) in [6.45, 7) is 0.0638. The lowest BCUT2D eigenvalue weighted by molar-refractivity contribution is -0.112. The van der Waals surface area contributed by atoms with Crippen LogP contribution in [0.25, 0.3) is 0 Å². The number of hydrogen-bond acceptors (Lipinski definition) is 4. The van der Waals surface area contributed by atoms with Gasteiger partial charge in [-0.3, -0.25) is 4.79 Å². The minimum atomic E-state index is -1.38. The van der Waals surface area contributed by atoms with E-state index < -0.39 is 27.4 Å². The Kier molecular flexibility index (Phi) is 6.56. The molecule has 0 spiro atoms. The molecule has 1 fully saturated rings. The van der Waals surface area contributed by atoms with Crippen molar-refractivity contribution >= 4 is 70.1 Å². The number of anilines is 2. The molecule has 1 aliphatic rings. The highest BCUT2D eigenvalue weighted by molar-refractivity contribution is 6.54. The number of aromatic nitrogens is 1. The van der Waals surface area contributed by atoms with Gasteiger partial charge in [-0.2, -0.15) is 0 Å². The van der Waals surface area contributed by atoms with Crippen molar-refractivity contribution in [1.82, 2.24) is 4.98 Å². The molecule has 0 aliphatic heterocycles. The van der Waals surface area contributed by atoms with Gasteiger partial charge in [-0.1, -0.05) is 52.5 Å². The van der Waals surface area contributed by atoms with Gasteiger partial charge in [0.25, 0.3) is 5.91 Å². The Balaban J connectivity index is 1.49. The van der Waals surface area contributed by atoms with Crippen LogP contribution in [0, 0.1) is 11.2 Å². The molecule has 0 bridgehead atoms. The van der Waals surface area contributed by atoms with Crippen molar-refractivity contribution in [3.05, 3.63) is 87.8 Å². The molecule has 170 valence electrons. The van der Waals surface area contributed by atoms with Gasteiger partial charge in [0.05, 0.1) is 5.41 Å². The first kappa shape index (κ1) is 23.8. The highest BCUT2D eigenvalue weighted by atomic mass is 35.5. The number of rotatable bonds is 7. The van der Waals surface area contributed by atoms with Crippen molar-refractivity contribution in [3.8, 4) is 0 Å². The Hall–Kier alpha value is -2.38. The number of carbonyl (C=O) groups excluding carboxylic acids is 2. The molecule has 10 heteroatoms. The molecule has 33 heavy (non-hydrogen) atoms. The fraction of sp³-hybridized carbons (Fsp3) is 0.174. The van der Waals surface area contributed by atoms with Crippen LogP contribution in [0.15, 0.2) is 60.7 Å². The Morgan fingerprint density at radius 2 is 1.73 bits per heavy atom. The van der Waals surface area contributed by atoms with Gasteiger partial charge in [0.1, 0.15) is 27.9 Å². The Morgan fingerprint density at radius 3 is 2.36 bits per heavy atom. The van der Waals surface area contributed by atoms with Gasteiger partial charge in [-0.05, 0) is 60.2 Å². The third-order valence-corrected chi connectivity index (χ3v) is 7.07. The number of benzene rings is 2. The standard InChI is InChI=1S/C23H16Cl4FN3O2/c24-14-8-13(9-15(25)10-14)20-22(12-32,23(20,26)27)11-29-19-3-1-2-18(31-19)21(33)30-17-6-4-16(28)5-7-17/h1-10,12,20H,11H2,(H,29,31)(H,30,33). The molecule has 1 aromatic heterocycles.